The molecule has 0 aromatic heterocycles. The molecule has 3 rings (SSSR count). The second kappa shape index (κ2) is 11.1. The van der Waals surface area contributed by atoms with Gasteiger partial charge in [0.1, 0.15) is 0 Å². The maximum atomic E-state index is 12.8. The normalized spacial score (nSPS) is 23.3. The number of nitrogens with zero attached hydrogens (tertiary/aromatic N) is 2. The number of benzene rings is 1. The summed E-state index contributed by atoms with van der Waals surface area (Å²) < 4.78 is 0. The van der Waals surface area contributed by atoms with Crippen LogP contribution in [0.3, 0.4) is 0 Å². The van der Waals surface area contributed by atoms with Gasteiger partial charge in [0.15, 0.2) is 0 Å². The van der Waals surface area contributed by atoms with Crippen molar-refractivity contribution in [2.75, 3.05) is 27.2 Å². The van der Waals surface area contributed by atoms with Crippen LogP contribution in [0.5, 0.6) is 0 Å². The van der Waals surface area contributed by atoms with E-state index < -0.39 is 0 Å². The Bertz CT molecular complexity index is 616. The van der Waals surface area contributed by atoms with Crippen LogP contribution >= 0.6 is 0 Å². The SMILES string of the molecule is CN(CCCO)Cc1ccc(C2CCC(N(C)C(=O)C3CCCCC3)CC2)cc1. The van der Waals surface area contributed by atoms with E-state index in [9.17, 15) is 4.79 Å². The molecule has 0 unspecified atom stereocenters. The summed E-state index contributed by atoms with van der Waals surface area (Å²) in [6.07, 6.45) is 11.4. The van der Waals surface area contributed by atoms with Gasteiger partial charge in [0, 0.05) is 38.7 Å². The van der Waals surface area contributed by atoms with Gasteiger partial charge in [-0.1, -0.05) is 43.5 Å². The van der Waals surface area contributed by atoms with E-state index in [0.717, 1.165) is 45.2 Å². The zero-order chi connectivity index (χ0) is 20.6. The van der Waals surface area contributed by atoms with Gasteiger partial charge in [0.05, 0.1) is 0 Å². The molecule has 1 aromatic carbocycles. The Morgan fingerprint density at radius 3 is 2.24 bits per heavy atom. The van der Waals surface area contributed by atoms with Crippen LogP contribution < -0.4 is 0 Å². The quantitative estimate of drug-likeness (QED) is 0.695. The summed E-state index contributed by atoms with van der Waals surface area (Å²) in [6, 6.07) is 9.56. The molecular formula is C25H40N2O2. The zero-order valence-corrected chi connectivity index (χ0v) is 18.5. The van der Waals surface area contributed by atoms with E-state index in [1.165, 1.54) is 43.2 Å². The van der Waals surface area contributed by atoms with Crippen molar-refractivity contribution in [3.05, 3.63) is 35.4 Å². The van der Waals surface area contributed by atoms with E-state index in [2.05, 4.69) is 41.1 Å². The summed E-state index contributed by atoms with van der Waals surface area (Å²) >= 11 is 0. The van der Waals surface area contributed by atoms with Crippen LogP contribution in [0.25, 0.3) is 0 Å². The van der Waals surface area contributed by atoms with E-state index >= 15 is 0 Å². The smallest absolute Gasteiger partial charge is 0.225 e. The number of hydrogen-bond acceptors (Lipinski definition) is 3. The lowest BCUT2D eigenvalue weighted by Crippen LogP contribution is -2.42. The Labute approximate surface area is 177 Å². The molecule has 162 valence electrons. The number of carbonyl (C=O) groups is 1. The number of amides is 1. The highest BCUT2D eigenvalue weighted by molar-refractivity contribution is 5.79. The predicted octanol–water partition coefficient (Wildman–Crippen LogP) is 4.57. The van der Waals surface area contributed by atoms with E-state index in [4.69, 9.17) is 5.11 Å². The van der Waals surface area contributed by atoms with Crippen molar-refractivity contribution in [1.82, 2.24) is 9.80 Å². The first kappa shape index (κ1) is 22.3. The Hall–Kier alpha value is -1.39. The first-order chi connectivity index (χ1) is 14.1. The summed E-state index contributed by atoms with van der Waals surface area (Å²) in [7, 11) is 4.15. The molecule has 0 heterocycles. The molecule has 1 aromatic rings. The van der Waals surface area contributed by atoms with Gasteiger partial charge in [-0.25, -0.2) is 0 Å². The molecule has 2 aliphatic rings. The lowest BCUT2D eigenvalue weighted by atomic mass is 9.80. The lowest BCUT2D eigenvalue weighted by Gasteiger charge is -2.37. The molecule has 4 nitrogen and oxygen atoms in total. The van der Waals surface area contributed by atoms with Crippen molar-refractivity contribution in [3.63, 3.8) is 0 Å². The third kappa shape index (κ3) is 6.29. The van der Waals surface area contributed by atoms with Gasteiger partial charge in [0.2, 0.25) is 5.91 Å². The minimum Gasteiger partial charge on any atom is -0.396 e. The van der Waals surface area contributed by atoms with Crippen LogP contribution in [-0.4, -0.2) is 54.1 Å². The van der Waals surface area contributed by atoms with Crippen LogP contribution in [-0.2, 0) is 11.3 Å². The van der Waals surface area contributed by atoms with Crippen LogP contribution in [0.2, 0.25) is 0 Å². The fourth-order valence-electron chi connectivity index (χ4n) is 5.24. The molecule has 0 bridgehead atoms. The molecular weight excluding hydrogens is 360 g/mol. The average Bonchev–Trinajstić information content (AvgIpc) is 2.78. The first-order valence-electron chi connectivity index (χ1n) is 11.7. The van der Waals surface area contributed by atoms with E-state index in [0.29, 0.717) is 17.9 Å². The van der Waals surface area contributed by atoms with Crippen LogP contribution in [0.15, 0.2) is 24.3 Å². The van der Waals surface area contributed by atoms with Crippen molar-refractivity contribution >= 4 is 5.91 Å². The highest BCUT2D eigenvalue weighted by Gasteiger charge is 2.31. The number of hydrogen-bond donors (Lipinski definition) is 1. The highest BCUT2D eigenvalue weighted by Crippen LogP contribution is 2.36. The zero-order valence-electron chi connectivity index (χ0n) is 18.5. The second-order valence-corrected chi connectivity index (χ2v) is 9.35. The third-order valence-corrected chi connectivity index (χ3v) is 7.15. The van der Waals surface area contributed by atoms with Gasteiger partial charge in [0.25, 0.3) is 0 Å². The molecule has 0 aliphatic heterocycles. The minimum absolute atomic E-state index is 0.257. The molecule has 0 spiro atoms. The Balaban J connectivity index is 1.46. The summed E-state index contributed by atoms with van der Waals surface area (Å²) in [5, 5.41) is 8.96. The fourth-order valence-corrected chi connectivity index (χ4v) is 5.24. The average molecular weight is 401 g/mol. The first-order valence-corrected chi connectivity index (χ1v) is 11.7. The Morgan fingerprint density at radius 1 is 0.966 bits per heavy atom. The molecule has 4 heteroatoms. The third-order valence-electron chi connectivity index (χ3n) is 7.15. The van der Waals surface area contributed by atoms with Gasteiger partial charge in [-0.15, -0.1) is 0 Å². The largest absolute Gasteiger partial charge is 0.396 e. The molecule has 29 heavy (non-hydrogen) atoms. The van der Waals surface area contributed by atoms with Gasteiger partial charge in [-0.2, -0.15) is 0 Å². The number of aliphatic hydroxyl groups excluding tert-OH is 1. The standard InChI is InChI=1S/C25H40N2O2/c1-26(17-6-18-28)19-20-9-11-21(12-10-20)22-13-15-24(16-14-22)27(2)25(29)23-7-4-3-5-8-23/h9-12,22-24,28H,3-8,13-19H2,1-2H3. The second-order valence-electron chi connectivity index (χ2n) is 9.35. The van der Waals surface area contributed by atoms with Gasteiger partial charge in [-0.05, 0) is 69.0 Å². The summed E-state index contributed by atoms with van der Waals surface area (Å²) in [4.78, 5) is 17.2. The van der Waals surface area contributed by atoms with Crippen LogP contribution in [0.1, 0.15) is 81.3 Å². The fraction of sp³-hybridized carbons (Fsp3) is 0.720. The van der Waals surface area contributed by atoms with E-state index in [1.54, 1.807) is 0 Å². The molecule has 2 saturated carbocycles. The molecule has 1 amide bonds. The van der Waals surface area contributed by atoms with Crippen molar-refractivity contribution in [2.45, 2.75) is 82.7 Å². The number of rotatable bonds is 8. The van der Waals surface area contributed by atoms with Crippen molar-refractivity contribution in [3.8, 4) is 0 Å². The molecule has 0 atom stereocenters. The maximum absolute atomic E-state index is 12.8. The van der Waals surface area contributed by atoms with Crippen molar-refractivity contribution in [1.29, 1.82) is 0 Å². The van der Waals surface area contributed by atoms with Gasteiger partial charge < -0.3 is 14.9 Å². The molecule has 2 fully saturated rings. The monoisotopic (exact) mass is 400 g/mol. The lowest BCUT2D eigenvalue weighted by molar-refractivity contribution is -0.138. The van der Waals surface area contributed by atoms with Gasteiger partial charge in [-0.3, -0.25) is 4.79 Å². The van der Waals surface area contributed by atoms with Gasteiger partial charge >= 0.3 is 0 Å². The summed E-state index contributed by atoms with van der Waals surface area (Å²) in [5.41, 5.74) is 2.78. The van der Waals surface area contributed by atoms with Crippen LogP contribution in [0.4, 0.5) is 0 Å². The minimum atomic E-state index is 0.257. The molecule has 2 aliphatic carbocycles. The van der Waals surface area contributed by atoms with E-state index in [1.807, 2.05) is 7.05 Å². The topological polar surface area (TPSA) is 43.8 Å². The molecule has 0 radical (unpaired) electrons. The van der Waals surface area contributed by atoms with E-state index in [-0.39, 0.29) is 12.5 Å². The van der Waals surface area contributed by atoms with Crippen molar-refractivity contribution in [2.24, 2.45) is 5.92 Å². The molecule has 1 N–H and O–H groups in total. The maximum Gasteiger partial charge on any atom is 0.225 e. The molecule has 0 saturated heterocycles. The Kier molecular flexibility index (Phi) is 8.55. The summed E-state index contributed by atoms with van der Waals surface area (Å²) in [5.74, 6) is 1.32. The van der Waals surface area contributed by atoms with Crippen LogP contribution in [0, 0.1) is 5.92 Å². The Morgan fingerprint density at radius 2 is 1.62 bits per heavy atom. The van der Waals surface area contributed by atoms with Crippen molar-refractivity contribution < 1.29 is 9.90 Å². The number of carbonyl (C=O) groups excluding carboxylic acids is 1. The highest BCUT2D eigenvalue weighted by atomic mass is 16.3. The summed E-state index contributed by atoms with van der Waals surface area (Å²) in [6.45, 7) is 2.11. The number of aliphatic hydroxyl groups is 1. The predicted molar refractivity (Wildman–Crippen MR) is 119 cm³/mol.